The molecule has 0 heterocycles. The third-order valence-electron chi connectivity index (χ3n) is 3.97. The molecule has 8 nitrogen and oxygen atoms in total. The number of anilines is 2. The van der Waals surface area contributed by atoms with Crippen molar-refractivity contribution in [2.75, 3.05) is 24.4 Å². The Bertz CT molecular complexity index is 922. The number of nitriles is 1. The normalized spacial score (nSPS) is 10.1. The Hall–Kier alpha value is -3.73. The molecule has 0 bridgehead atoms. The van der Waals surface area contributed by atoms with Crippen LogP contribution in [-0.4, -0.2) is 31.7 Å². The molecule has 0 aliphatic heterocycles. The number of nitrogens with one attached hydrogen (secondary N) is 3. The van der Waals surface area contributed by atoms with Gasteiger partial charge in [-0.05, 0) is 44.5 Å². The minimum Gasteiger partial charge on any atom is -0.493 e. The lowest BCUT2D eigenvalue weighted by atomic mass is 10.2. The van der Waals surface area contributed by atoms with Crippen molar-refractivity contribution in [2.45, 2.75) is 32.7 Å². The van der Waals surface area contributed by atoms with Crippen molar-refractivity contribution in [1.82, 2.24) is 5.32 Å². The molecule has 3 N–H and O–H groups in total. The Balaban J connectivity index is 1.84. The Kier molecular flexibility index (Phi) is 8.51. The highest BCUT2D eigenvalue weighted by Gasteiger charge is 2.11. The van der Waals surface area contributed by atoms with Crippen LogP contribution in [0.4, 0.5) is 16.2 Å². The Labute approximate surface area is 176 Å². The predicted octanol–water partition coefficient (Wildman–Crippen LogP) is 3.89. The van der Waals surface area contributed by atoms with E-state index in [4.69, 9.17) is 14.7 Å². The van der Waals surface area contributed by atoms with E-state index >= 15 is 0 Å². The topological polar surface area (TPSA) is 112 Å². The zero-order valence-corrected chi connectivity index (χ0v) is 17.3. The third kappa shape index (κ3) is 7.02. The van der Waals surface area contributed by atoms with Crippen LogP contribution in [0, 0.1) is 11.3 Å². The van der Waals surface area contributed by atoms with Gasteiger partial charge in [-0.25, -0.2) is 4.79 Å². The largest absolute Gasteiger partial charge is 0.493 e. The van der Waals surface area contributed by atoms with Gasteiger partial charge in [-0.2, -0.15) is 5.26 Å². The summed E-state index contributed by atoms with van der Waals surface area (Å²) in [5.74, 6) is 0.796. The molecule has 0 fully saturated rings. The molecule has 30 heavy (non-hydrogen) atoms. The quantitative estimate of drug-likeness (QED) is 0.543. The summed E-state index contributed by atoms with van der Waals surface area (Å²) in [5.41, 5.74) is 1.52. The summed E-state index contributed by atoms with van der Waals surface area (Å²) in [6, 6.07) is 13.6. The Morgan fingerprint density at radius 1 is 1.07 bits per heavy atom. The van der Waals surface area contributed by atoms with Gasteiger partial charge >= 0.3 is 6.03 Å². The smallest absolute Gasteiger partial charge is 0.319 e. The number of carbonyl (C=O) groups is 2. The number of amides is 3. The summed E-state index contributed by atoms with van der Waals surface area (Å²) in [5, 5.41) is 17.2. The number of para-hydroxylation sites is 2. The number of carbonyl (C=O) groups excluding carboxylic acids is 2. The van der Waals surface area contributed by atoms with Crippen LogP contribution < -0.4 is 25.4 Å². The number of benzene rings is 2. The van der Waals surface area contributed by atoms with E-state index in [1.807, 2.05) is 19.9 Å². The van der Waals surface area contributed by atoms with E-state index in [0.717, 1.165) is 0 Å². The van der Waals surface area contributed by atoms with Crippen LogP contribution in [0.2, 0.25) is 0 Å². The first kappa shape index (κ1) is 22.6. The first-order valence-electron chi connectivity index (χ1n) is 9.60. The molecule has 0 saturated heterocycles. The summed E-state index contributed by atoms with van der Waals surface area (Å²) in [6.07, 6.45) is 0.726. The number of urea groups is 1. The maximum Gasteiger partial charge on any atom is 0.319 e. The van der Waals surface area contributed by atoms with Crippen molar-refractivity contribution >= 4 is 23.3 Å². The van der Waals surface area contributed by atoms with Gasteiger partial charge in [0.15, 0.2) is 11.5 Å². The third-order valence-corrected chi connectivity index (χ3v) is 3.97. The van der Waals surface area contributed by atoms with E-state index in [1.165, 1.54) is 7.11 Å². The van der Waals surface area contributed by atoms with Crippen LogP contribution in [0.1, 0.15) is 32.3 Å². The molecule has 0 aromatic heterocycles. The van der Waals surface area contributed by atoms with Crippen LogP contribution >= 0.6 is 0 Å². The average molecular weight is 410 g/mol. The molecule has 2 aromatic rings. The molecule has 2 rings (SSSR count). The molecule has 8 heteroatoms. The van der Waals surface area contributed by atoms with E-state index in [2.05, 4.69) is 16.0 Å². The lowest BCUT2D eigenvalue weighted by molar-refractivity contribution is -0.116. The fraction of sp³-hybridized carbons (Fsp3) is 0.318. The van der Waals surface area contributed by atoms with Crippen LogP contribution in [0.25, 0.3) is 0 Å². The maximum atomic E-state index is 12.3. The van der Waals surface area contributed by atoms with E-state index < -0.39 is 0 Å². The minimum absolute atomic E-state index is 0.00137. The molecule has 0 radical (unpaired) electrons. The second-order valence-corrected chi connectivity index (χ2v) is 6.78. The fourth-order valence-electron chi connectivity index (χ4n) is 2.61. The molecular weight excluding hydrogens is 384 g/mol. The Morgan fingerprint density at radius 2 is 1.77 bits per heavy atom. The monoisotopic (exact) mass is 410 g/mol. The van der Waals surface area contributed by atoms with Crippen molar-refractivity contribution in [3.05, 3.63) is 48.0 Å². The zero-order valence-electron chi connectivity index (χ0n) is 17.3. The number of hydrogen-bond donors (Lipinski definition) is 3. The molecular formula is C22H26N4O4. The summed E-state index contributed by atoms with van der Waals surface area (Å²) in [4.78, 5) is 24.2. The average Bonchev–Trinajstić information content (AvgIpc) is 2.72. The van der Waals surface area contributed by atoms with Gasteiger partial charge in [-0.1, -0.05) is 12.1 Å². The minimum atomic E-state index is -0.337. The molecule has 0 saturated carbocycles. The zero-order chi connectivity index (χ0) is 21.9. The number of nitrogens with zero attached hydrogens (tertiary/aromatic N) is 1. The van der Waals surface area contributed by atoms with Crippen molar-refractivity contribution in [2.24, 2.45) is 0 Å². The molecule has 2 aromatic carbocycles. The highest BCUT2D eigenvalue weighted by molar-refractivity contribution is 5.99. The fourth-order valence-corrected chi connectivity index (χ4v) is 2.61. The summed E-state index contributed by atoms with van der Waals surface area (Å²) in [7, 11) is 1.50. The van der Waals surface area contributed by atoms with Gasteiger partial charge in [-0.3, -0.25) is 4.79 Å². The molecule has 0 unspecified atom stereocenters. The molecule has 158 valence electrons. The first-order chi connectivity index (χ1) is 14.4. The van der Waals surface area contributed by atoms with Gasteiger partial charge in [0.25, 0.3) is 0 Å². The number of ether oxygens (including phenoxy) is 2. The van der Waals surface area contributed by atoms with E-state index in [1.54, 1.807) is 42.5 Å². The van der Waals surface area contributed by atoms with Crippen LogP contribution in [-0.2, 0) is 4.79 Å². The van der Waals surface area contributed by atoms with Gasteiger partial charge in [0, 0.05) is 18.5 Å². The van der Waals surface area contributed by atoms with Crippen molar-refractivity contribution < 1.29 is 19.1 Å². The van der Waals surface area contributed by atoms with Crippen molar-refractivity contribution in [3.63, 3.8) is 0 Å². The van der Waals surface area contributed by atoms with Gasteiger partial charge in [0.2, 0.25) is 5.91 Å². The van der Waals surface area contributed by atoms with Gasteiger partial charge in [0.1, 0.15) is 0 Å². The second kappa shape index (κ2) is 11.3. The Morgan fingerprint density at radius 3 is 2.40 bits per heavy atom. The lowest BCUT2D eigenvalue weighted by Crippen LogP contribution is -2.34. The molecule has 0 aliphatic rings. The molecule has 3 amide bonds. The molecule has 0 atom stereocenters. The summed E-state index contributed by atoms with van der Waals surface area (Å²) in [6.45, 7) is 4.04. The standard InChI is InChI=1S/C22H26N4O4/c1-15(2)24-22(28)26-18-8-5-4-7-17(18)25-21(27)9-6-12-30-19-11-10-16(14-23)13-20(19)29-3/h4-5,7-8,10-11,13,15H,6,9,12H2,1-3H3,(H,25,27)(H2,24,26,28). The molecule has 0 spiro atoms. The van der Waals surface area contributed by atoms with Crippen molar-refractivity contribution in [3.8, 4) is 17.6 Å². The van der Waals surface area contributed by atoms with Crippen molar-refractivity contribution in [1.29, 1.82) is 5.26 Å². The van der Waals surface area contributed by atoms with Crippen LogP contribution in [0.3, 0.4) is 0 Å². The van der Waals surface area contributed by atoms with E-state index in [9.17, 15) is 9.59 Å². The van der Waals surface area contributed by atoms with Crippen LogP contribution in [0.15, 0.2) is 42.5 Å². The van der Waals surface area contributed by atoms with Gasteiger partial charge in [0.05, 0.1) is 36.7 Å². The number of rotatable bonds is 9. The SMILES string of the molecule is COc1cc(C#N)ccc1OCCCC(=O)Nc1ccccc1NC(=O)NC(C)C. The van der Waals surface area contributed by atoms with Crippen LogP contribution in [0.5, 0.6) is 11.5 Å². The van der Waals surface area contributed by atoms with E-state index in [0.29, 0.717) is 41.5 Å². The van der Waals surface area contributed by atoms with Gasteiger partial charge < -0.3 is 25.4 Å². The number of hydrogen-bond acceptors (Lipinski definition) is 5. The van der Waals surface area contributed by atoms with E-state index in [-0.39, 0.29) is 24.4 Å². The van der Waals surface area contributed by atoms with Gasteiger partial charge in [-0.15, -0.1) is 0 Å². The predicted molar refractivity (Wildman–Crippen MR) is 115 cm³/mol. The molecule has 0 aliphatic carbocycles. The number of methoxy groups -OCH3 is 1. The highest BCUT2D eigenvalue weighted by Crippen LogP contribution is 2.28. The first-order valence-corrected chi connectivity index (χ1v) is 9.60. The second-order valence-electron chi connectivity index (χ2n) is 6.78. The lowest BCUT2D eigenvalue weighted by Gasteiger charge is -2.14. The summed E-state index contributed by atoms with van der Waals surface area (Å²) >= 11 is 0. The summed E-state index contributed by atoms with van der Waals surface area (Å²) < 4.78 is 10.9. The highest BCUT2D eigenvalue weighted by atomic mass is 16.5. The maximum absolute atomic E-state index is 12.3.